The van der Waals surface area contributed by atoms with Crippen LogP contribution in [0.4, 0.5) is 0 Å². The number of hydrogen-bond donors (Lipinski definition) is 1. The van der Waals surface area contributed by atoms with E-state index in [9.17, 15) is 4.79 Å². The fourth-order valence-electron chi connectivity index (χ4n) is 2.19. The van der Waals surface area contributed by atoms with Gasteiger partial charge in [-0.15, -0.1) is 0 Å². The predicted octanol–water partition coefficient (Wildman–Crippen LogP) is 2.59. The van der Waals surface area contributed by atoms with Crippen LogP contribution >= 0.6 is 0 Å². The molecule has 82 valence electrons. The molecule has 15 heavy (non-hydrogen) atoms. The third-order valence-corrected chi connectivity index (χ3v) is 3.13. The topological polar surface area (TPSA) is 29.1 Å². The summed E-state index contributed by atoms with van der Waals surface area (Å²) in [7, 11) is 0. The average Bonchev–Trinajstić information content (AvgIpc) is 2.58. The van der Waals surface area contributed by atoms with Crippen molar-refractivity contribution in [2.75, 3.05) is 0 Å². The maximum Gasteiger partial charge on any atom is 0.220 e. The van der Waals surface area contributed by atoms with Crippen LogP contribution in [-0.2, 0) is 4.79 Å². The Bertz CT molecular complexity index is 314. The van der Waals surface area contributed by atoms with E-state index in [0.717, 1.165) is 12.0 Å². The van der Waals surface area contributed by atoms with Gasteiger partial charge >= 0.3 is 0 Å². The summed E-state index contributed by atoms with van der Waals surface area (Å²) in [6, 6.07) is 0. The third kappa shape index (κ3) is 2.04. The number of carbonyl (C=O) groups excluding carboxylic acids is 1. The maximum absolute atomic E-state index is 11.4. The standard InChI is InChI=1S/C13H19NO/c1-5-7-11(6-2)13(10(3)4)9-8-12(15)14-13/h5-7,10H,1-2,8-9H2,3-4H3,(H,14,15)/b11-7+. The summed E-state index contributed by atoms with van der Waals surface area (Å²) in [6.07, 6.45) is 6.92. The number of rotatable bonds is 4. The molecule has 1 fully saturated rings. The van der Waals surface area contributed by atoms with Gasteiger partial charge in [0.15, 0.2) is 0 Å². The summed E-state index contributed by atoms with van der Waals surface area (Å²) in [4.78, 5) is 11.4. The molecule has 0 aromatic carbocycles. The highest BCUT2D eigenvalue weighted by Crippen LogP contribution is 2.35. The van der Waals surface area contributed by atoms with E-state index in [-0.39, 0.29) is 11.4 Å². The van der Waals surface area contributed by atoms with Gasteiger partial charge in [0, 0.05) is 6.42 Å². The van der Waals surface area contributed by atoms with E-state index in [0.29, 0.717) is 12.3 Å². The molecule has 1 aliphatic heterocycles. The van der Waals surface area contributed by atoms with Crippen LogP contribution in [0.15, 0.2) is 37.0 Å². The van der Waals surface area contributed by atoms with E-state index >= 15 is 0 Å². The summed E-state index contributed by atoms with van der Waals surface area (Å²) >= 11 is 0. The molecule has 1 unspecified atom stereocenters. The monoisotopic (exact) mass is 205 g/mol. The predicted molar refractivity (Wildman–Crippen MR) is 63.4 cm³/mol. The molecule has 2 nitrogen and oxygen atoms in total. The van der Waals surface area contributed by atoms with Gasteiger partial charge in [0.1, 0.15) is 0 Å². The summed E-state index contributed by atoms with van der Waals surface area (Å²) in [6.45, 7) is 11.7. The molecule has 0 aromatic rings. The Morgan fingerprint density at radius 3 is 2.53 bits per heavy atom. The van der Waals surface area contributed by atoms with Crippen molar-refractivity contribution in [1.29, 1.82) is 0 Å². The van der Waals surface area contributed by atoms with Gasteiger partial charge in [-0.3, -0.25) is 4.79 Å². The van der Waals surface area contributed by atoms with Gasteiger partial charge in [-0.25, -0.2) is 0 Å². The van der Waals surface area contributed by atoms with Gasteiger partial charge in [0.2, 0.25) is 5.91 Å². The fourth-order valence-corrected chi connectivity index (χ4v) is 2.19. The van der Waals surface area contributed by atoms with Gasteiger partial charge < -0.3 is 5.32 Å². The molecule has 1 atom stereocenters. The van der Waals surface area contributed by atoms with Crippen molar-refractivity contribution >= 4 is 5.91 Å². The Balaban J connectivity index is 3.11. The van der Waals surface area contributed by atoms with E-state index in [2.05, 4.69) is 32.3 Å². The number of hydrogen-bond acceptors (Lipinski definition) is 1. The van der Waals surface area contributed by atoms with Gasteiger partial charge in [-0.05, 0) is 17.9 Å². The zero-order valence-electron chi connectivity index (χ0n) is 9.55. The second-order valence-corrected chi connectivity index (χ2v) is 4.24. The van der Waals surface area contributed by atoms with Crippen LogP contribution in [0.5, 0.6) is 0 Å². The number of nitrogens with one attached hydrogen (secondary N) is 1. The lowest BCUT2D eigenvalue weighted by Gasteiger charge is -2.34. The molecule has 1 amide bonds. The zero-order chi connectivity index (χ0) is 11.5. The minimum atomic E-state index is -0.243. The smallest absolute Gasteiger partial charge is 0.220 e. The Labute approximate surface area is 91.8 Å². The van der Waals surface area contributed by atoms with Crippen molar-refractivity contribution in [2.45, 2.75) is 32.2 Å². The third-order valence-electron chi connectivity index (χ3n) is 3.13. The van der Waals surface area contributed by atoms with Crippen molar-refractivity contribution in [3.8, 4) is 0 Å². The molecule has 1 aliphatic rings. The highest BCUT2D eigenvalue weighted by Gasteiger charge is 2.42. The van der Waals surface area contributed by atoms with Crippen molar-refractivity contribution in [2.24, 2.45) is 5.92 Å². The Hall–Kier alpha value is -1.31. The highest BCUT2D eigenvalue weighted by atomic mass is 16.2. The van der Waals surface area contributed by atoms with E-state index in [1.54, 1.807) is 6.08 Å². The maximum atomic E-state index is 11.4. The molecule has 1 heterocycles. The first-order chi connectivity index (χ1) is 7.06. The molecule has 0 spiro atoms. The van der Waals surface area contributed by atoms with Gasteiger partial charge in [-0.2, -0.15) is 0 Å². The Morgan fingerprint density at radius 2 is 2.20 bits per heavy atom. The van der Waals surface area contributed by atoms with Crippen molar-refractivity contribution in [1.82, 2.24) is 5.32 Å². The van der Waals surface area contributed by atoms with E-state index < -0.39 is 0 Å². The van der Waals surface area contributed by atoms with Crippen LogP contribution in [0, 0.1) is 5.92 Å². The first kappa shape index (κ1) is 11.8. The van der Waals surface area contributed by atoms with Crippen LogP contribution in [0.25, 0.3) is 0 Å². The zero-order valence-corrected chi connectivity index (χ0v) is 9.55. The molecule has 0 aromatic heterocycles. The largest absolute Gasteiger partial charge is 0.346 e. The van der Waals surface area contributed by atoms with Crippen molar-refractivity contribution < 1.29 is 4.79 Å². The quantitative estimate of drug-likeness (QED) is 0.702. The summed E-state index contributed by atoms with van der Waals surface area (Å²) in [5, 5.41) is 3.08. The lowest BCUT2D eigenvalue weighted by atomic mass is 9.78. The first-order valence-electron chi connectivity index (χ1n) is 5.33. The first-order valence-corrected chi connectivity index (χ1v) is 5.33. The van der Waals surface area contributed by atoms with E-state index in [4.69, 9.17) is 0 Å². The van der Waals surface area contributed by atoms with Gasteiger partial charge in [0.25, 0.3) is 0 Å². The number of allylic oxidation sites excluding steroid dienone is 2. The minimum absolute atomic E-state index is 0.125. The van der Waals surface area contributed by atoms with Crippen molar-refractivity contribution in [3.05, 3.63) is 37.0 Å². The van der Waals surface area contributed by atoms with Gasteiger partial charge in [-0.1, -0.05) is 45.2 Å². The normalized spacial score (nSPS) is 26.6. The summed E-state index contributed by atoms with van der Waals surface area (Å²) in [5.41, 5.74) is 0.811. The summed E-state index contributed by atoms with van der Waals surface area (Å²) in [5.74, 6) is 0.480. The van der Waals surface area contributed by atoms with E-state index in [1.165, 1.54) is 0 Å². The Kier molecular flexibility index (Phi) is 3.51. The lowest BCUT2D eigenvalue weighted by Crippen LogP contribution is -2.47. The fraction of sp³-hybridized carbons (Fsp3) is 0.462. The second-order valence-electron chi connectivity index (χ2n) is 4.24. The number of amides is 1. The average molecular weight is 205 g/mol. The van der Waals surface area contributed by atoms with Crippen molar-refractivity contribution in [3.63, 3.8) is 0 Å². The van der Waals surface area contributed by atoms with Crippen LogP contribution < -0.4 is 5.32 Å². The summed E-state index contributed by atoms with van der Waals surface area (Å²) < 4.78 is 0. The van der Waals surface area contributed by atoms with Crippen LogP contribution in [-0.4, -0.2) is 11.4 Å². The Morgan fingerprint density at radius 1 is 1.53 bits per heavy atom. The molecule has 1 N–H and O–H groups in total. The molecule has 1 saturated heterocycles. The lowest BCUT2D eigenvalue weighted by molar-refractivity contribution is -0.119. The number of carbonyl (C=O) groups is 1. The highest BCUT2D eigenvalue weighted by molar-refractivity contribution is 5.80. The molecule has 0 bridgehead atoms. The van der Waals surface area contributed by atoms with E-state index in [1.807, 2.05) is 12.2 Å². The molecule has 1 rings (SSSR count). The van der Waals surface area contributed by atoms with Crippen LogP contribution in [0.2, 0.25) is 0 Å². The van der Waals surface area contributed by atoms with Crippen LogP contribution in [0.3, 0.4) is 0 Å². The molecule has 0 saturated carbocycles. The molecule has 0 radical (unpaired) electrons. The SMILES string of the molecule is C=C/C=C(\C=C)C1(C(C)C)CCC(=O)N1. The second kappa shape index (κ2) is 4.47. The van der Waals surface area contributed by atoms with Gasteiger partial charge in [0.05, 0.1) is 5.54 Å². The van der Waals surface area contributed by atoms with Crippen LogP contribution in [0.1, 0.15) is 26.7 Å². The minimum Gasteiger partial charge on any atom is -0.346 e. The molecule has 0 aliphatic carbocycles. The molecular weight excluding hydrogens is 186 g/mol. The molecule has 2 heteroatoms. The molecular formula is C13H19NO.